The SMILES string of the molecule is C1#Cc2ccccc2NCc2ccccc21.CCCCc1ccc2c(c1)CCc1cc(O)ccc1C#C2.CN1C(=O)c2ccccc2C#Cc2ccccc21.CO[C@H]1C#CCCN(C(=O)CCC(=O)O)C[C@@H]1OC.NCC1[C@H]2CCC#CCC[C@@H]12.OC1Cc2ccccc2C#Cc2ccccc21.OCC1[C@H]2CCC#CCC[C@@H]12. The number of carbonyl (C=O) groups is 3. The molecule has 17 rings (SSSR count). The lowest BCUT2D eigenvalue weighted by molar-refractivity contribution is -0.141. The van der Waals surface area contributed by atoms with E-state index in [0.717, 1.165) is 160 Å². The van der Waals surface area contributed by atoms with Gasteiger partial charge in [0.25, 0.3) is 5.91 Å². The Morgan fingerprint density at radius 2 is 1.08 bits per heavy atom. The van der Waals surface area contributed by atoms with Gasteiger partial charge in [0.2, 0.25) is 5.91 Å². The number of ether oxygens (including phenoxy) is 2. The average Bonchev–Trinajstić information content (AvgIpc) is 1.63. The first-order chi connectivity index (χ1) is 55.2. The molecular weight excluding hydrogens is 1400 g/mol. The summed E-state index contributed by atoms with van der Waals surface area (Å²) >= 11 is 0. The number of aliphatic carboxylic acids is 1. The van der Waals surface area contributed by atoms with Crippen LogP contribution in [0.4, 0.5) is 11.4 Å². The van der Waals surface area contributed by atoms with Gasteiger partial charge in [0.05, 0.1) is 36.0 Å². The maximum Gasteiger partial charge on any atom is 0.303 e. The molecule has 13 heteroatoms. The number of hydrogen-bond donors (Lipinski definition) is 6. The van der Waals surface area contributed by atoms with E-state index in [1.807, 2.05) is 133 Å². The Bertz CT molecular complexity index is 5000. The summed E-state index contributed by atoms with van der Waals surface area (Å²) in [5, 5.41) is 40.9. The topological polar surface area (TPSA) is 195 Å². The molecule has 2 fully saturated rings. The number of fused-ring (bicyclic) bond motifs is 10. The Balaban J connectivity index is 0.000000131. The summed E-state index contributed by atoms with van der Waals surface area (Å²) in [6.07, 6.45) is 14.8. The van der Waals surface area contributed by atoms with Gasteiger partial charge in [-0.3, -0.25) is 14.4 Å². The number of benzene rings is 8. The number of methoxy groups -OCH3 is 2. The van der Waals surface area contributed by atoms with Gasteiger partial charge in [0.15, 0.2) is 0 Å². The second-order valence-electron chi connectivity index (χ2n) is 29.4. The molecule has 8 aromatic carbocycles. The summed E-state index contributed by atoms with van der Waals surface area (Å²) in [6, 6.07) is 59.5. The maximum atomic E-state index is 12.4. The molecule has 3 unspecified atom stereocenters. The van der Waals surface area contributed by atoms with E-state index >= 15 is 0 Å². The third kappa shape index (κ3) is 23.3. The third-order valence-corrected chi connectivity index (χ3v) is 22.1. The third-order valence-electron chi connectivity index (χ3n) is 22.1. The minimum absolute atomic E-state index is 0.00313. The molecule has 3 heterocycles. The summed E-state index contributed by atoms with van der Waals surface area (Å²) in [5.41, 5.74) is 23.4. The number of carboxylic acids is 1. The predicted octanol–water partition coefficient (Wildman–Crippen LogP) is 15.5. The molecule has 8 aromatic rings. The van der Waals surface area contributed by atoms with E-state index < -0.39 is 12.1 Å². The van der Waals surface area contributed by atoms with E-state index in [1.54, 1.807) is 37.1 Å². The number of carboxylic acid groups (broad SMARTS) is 1. The lowest BCUT2D eigenvalue weighted by atomic mass is 9.92. The Morgan fingerprint density at radius 1 is 0.558 bits per heavy atom. The Hall–Kier alpha value is -11.5. The number of hydrogen-bond acceptors (Lipinski definition) is 10. The highest BCUT2D eigenvalue weighted by Gasteiger charge is 2.48. The van der Waals surface area contributed by atoms with Crippen LogP contribution in [-0.2, 0) is 51.3 Å². The number of para-hydroxylation sites is 2. The molecule has 0 bridgehead atoms. The highest BCUT2D eigenvalue weighted by Crippen LogP contribution is 2.52. The van der Waals surface area contributed by atoms with Crippen LogP contribution in [0, 0.1) is 118 Å². The van der Waals surface area contributed by atoms with Gasteiger partial charge in [-0.05, 0) is 206 Å². The number of anilines is 2. The number of unbranched alkanes of at least 4 members (excludes halogenated alkanes) is 1. The molecule has 113 heavy (non-hydrogen) atoms. The average molecular weight is 1500 g/mol. The van der Waals surface area contributed by atoms with Gasteiger partial charge in [-0.2, -0.15) is 0 Å². The van der Waals surface area contributed by atoms with Crippen LogP contribution in [0.5, 0.6) is 5.75 Å². The smallest absolute Gasteiger partial charge is 0.303 e. The van der Waals surface area contributed by atoms with Crippen molar-refractivity contribution in [1.29, 1.82) is 0 Å². The van der Waals surface area contributed by atoms with Gasteiger partial charge < -0.3 is 50.8 Å². The molecule has 9 aliphatic rings. The van der Waals surface area contributed by atoms with Gasteiger partial charge in [0.1, 0.15) is 18.0 Å². The number of aryl methyl sites for hydroxylation is 3. The van der Waals surface area contributed by atoms with Gasteiger partial charge in [-0.1, -0.05) is 176 Å². The molecule has 7 N–H and O–H groups in total. The summed E-state index contributed by atoms with van der Waals surface area (Å²) in [5.74, 6) is 48.2. The number of carbonyl (C=O) groups excluding carboxylic acids is 2. The normalized spacial score (nSPS) is 20.4. The van der Waals surface area contributed by atoms with Crippen molar-refractivity contribution in [2.75, 3.05) is 57.7 Å². The van der Waals surface area contributed by atoms with Crippen LogP contribution in [0.15, 0.2) is 182 Å². The van der Waals surface area contributed by atoms with Crippen molar-refractivity contribution < 1.29 is 44.3 Å². The fourth-order valence-electron chi connectivity index (χ4n) is 15.5. The maximum absolute atomic E-state index is 12.4. The van der Waals surface area contributed by atoms with E-state index in [-0.39, 0.29) is 36.9 Å². The van der Waals surface area contributed by atoms with Gasteiger partial charge >= 0.3 is 5.97 Å². The number of nitrogens with one attached hydrogen (secondary N) is 1. The van der Waals surface area contributed by atoms with E-state index in [9.17, 15) is 24.6 Å². The lowest BCUT2D eigenvalue weighted by Gasteiger charge is -2.30. The Kier molecular flexibility index (Phi) is 30.8. The van der Waals surface area contributed by atoms with Crippen molar-refractivity contribution >= 4 is 29.2 Å². The summed E-state index contributed by atoms with van der Waals surface area (Å²) < 4.78 is 10.5. The van der Waals surface area contributed by atoms with Crippen LogP contribution < -0.4 is 16.0 Å². The first-order valence-corrected chi connectivity index (χ1v) is 39.8. The summed E-state index contributed by atoms with van der Waals surface area (Å²) in [7, 11) is 4.87. The number of aliphatic hydroxyl groups is 2. The molecule has 0 spiro atoms. The minimum atomic E-state index is -0.974. The second kappa shape index (κ2) is 42.2. The minimum Gasteiger partial charge on any atom is -0.508 e. The quantitative estimate of drug-likeness (QED) is 0.0713. The summed E-state index contributed by atoms with van der Waals surface area (Å²) in [6.45, 7) is 5.21. The van der Waals surface area contributed by atoms with Gasteiger partial charge in [-0.25, -0.2) is 0 Å². The van der Waals surface area contributed by atoms with Crippen LogP contribution in [-0.4, -0.2) is 103 Å². The molecule has 576 valence electrons. The Morgan fingerprint density at radius 3 is 1.72 bits per heavy atom. The van der Waals surface area contributed by atoms with Crippen LogP contribution >= 0.6 is 0 Å². The van der Waals surface area contributed by atoms with Crippen molar-refractivity contribution in [3.63, 3.8) is 0 Å². The molecular formula is C100H102N4O9. The number of nitrogens with two attached hydrogens (primary N) is 1. The van der Waals surface area contributed by atoms with Gasteiger partial charge in [-0.15, -0.1) is 23.7 Å². The number of aromatic hydroxyl groups is 1. The molecule has 9 atom stereocenters. The number of aliphatic hydroxyl groups excluding tert-OH is 2. The van der Waals surface area contributed by atoms with Crippen LogP contribution in [0.2, 0.25) is 0 Å². The predicted molar refractivity (Wildman–Crippen MR) is 449 cm³/mol. The highest BCUT2D eigenvalue weighted by molar-refractivity contribution is 6.08. The number of phenols is 1. The molecule has 2 saturated carbocycles. The second-order valence-corrected chi connectivity index (χ2v) is 29.4. The van der Waals surface area contributed by atoms with Crippen LogP contribution in [0.3, 0.4) is 0 Å². The molecule has 2 amide bonds. The number of phenolic OH excluding ortho intramolecular Hbond substituents is 1. The fourth-order valence-corrected chi connectivity index (χ4v) is 15.5. The van der Waals surface area contributed by atoms with E-state index in [4.69, 9.17) is 25.4 Å². The standard InChI is InChI=1S/C20H20O.C16H11NO.C16H12O.C15H11N.C13H19NO5.C10H15N.C10H14O/c1-2-3-4-15-5-6-16-7-8-17-11-12-20(21)14-19(17)10-9-18(16)13-15;1-17-15-9-5-3-7-13(15)11-10-12-6-2-4-8-14(12)16(17)18;17-16-11-14-7-2-1-5-12(14)9-10-13-6-3-4-8-15(13)16;1-2-7-14-11-16-15-8-4-3-6-13(15)10-9-12(14)5-1;1-18-10-5-3-4-8-14(9-11(10)19-2)12(15)6-7-13(16)17;2*11-7-10-8-5-3-1-2-4-6-9(8)10/h5-6,11-14,21H,2-4,9-10H2,1H3;2-9H,1H3;1-8,16-17H,11H2;1-8,16H,11H2;10-11H,4,6-9H2,1-2H3,(H,16,17);8-10H,3-7,11H2;8-11H,3-7H2/t;;;;10-,11-;2*8-,9+,10?/m....0../s1. The molecule has 0 aromatic heterocycles. The summed E-state index contributed by atoms with van der Waals surface area (Å²) in [4.78, 5) is 38.1. The van der Waals surface area contributed by atoms with Crippen molar-refractivity contribution in [2.24, 2.45) is 41.2 Å². The van der Waals surface area contributed by atoms with Crippen molar-refractivity contribution in [1.82, 2.24) is 4.90 Å². The molecule has 3 aliphatic heterocycles. The van der Waals surface area contributed by atoms with E-state index in [1.165, 1.54) is 55.2 Å². The van der Waals surface area contributed by atoms with Crippen LogP contribution in [0.25, 0.3) is 0 Å². The van der Waals surface area contributed by atoms with Crippen molar-refractivity contribution in [3.8, 4) is 88.6 Å². The highest BCUT2D eigenvalue weighted by atomic mass is 16.5. The monoisotopic (exact) mass is 1500 g/mol. The van der Waals surface area contributed by atoms with Crippen molar-refractivity contribution in [2.45, 2.75) is 141 Å². The van der Waals surface area contributed by atoms with Gasteiger partial charge in [0, 0.05) is 130 Å². The van der Waals surface area contributed by atoms with Crippen molar-refractivity contribution in [3.05, 3.63) is 265 Å². The molecule has 13 nitrogen and oxygen atoms in total. The molecule has 0 radical (unpaired) electrons. The first-order valence-electron chi connectivity index (χ1n) is 39.8. The first kappa shape index (κ1) is 82.5. The van der Waals surface area contributed by atoms with E-state index in [2.05, 4.69) is 138 Å². The Labute approximate surface area is 668 Å². The lowest BCUT2D eigenvalue weighted by Crippen LogP contribution is -2.44. The number of rotatable bonds is 10. The largest absolute Gasteiger partial charge is 0.508 e. The number of amides is 2. The zero-order chi connectivity index (χ0) is 79.3. The zero-order valence-electron chi connectivity index (χ0n) is 65.4. The fraction of sp³-hybridized carbons (Fsp3) is 0.350. The molecule has 0 saturated heterocycles. The van der Waals surface area contributed by atoms with E-state index in [0.29, 0.717) is 49.8 Å². The van der Waals surface area contributed by atoms with Crippen LogP contribution in [0.1, 0.15) is 185 Å². The molecule has 6 aliphatic carbocycles. The number of nitrogens with zero attached hydrogens (tertiary/aromatic N) is 2. The zero-order valence-corrected chi connectivity index (χ0v) is 65.4.